The first-order valence-corrected chi connectivity index (χ1v) is 10.9. The number of benzene rings is 1. The molecule has 2 saturated heterocycles. The third-order valence-corrected chi connectivity index (χ3v) is 5.87. The zero-order chi connectivity index (χ0) is 21.8. The molecule has 4 rings (SSSR count). The fourth-order valence-corrected chi connectivity index (χ4v) is 4.05. The van der Waals surface area contributed by atoms with Crippen molar-refractivity contribution in [3.8, 4) is 5.88 Å². The number of ether oxygens (including phenoxy) is 1. The molecule has 2 aliphatic rings. The van der Waals surface area contributed by atoms with Gasteiger partial charge in [0.2, 0.25) is 11.8 Å². The van der Waals surface area contributed by atoms with Gasteiger partial charge in [0.1, 0.15) is 19.0 Å². The minimum Gasteiger partial charge on any atom is -0.472 e. The topological polar surface area (TPSA) is 78.9 Å². The Morgan fingerprint density at radius 2 is 1.97 bits per heavy atom. The van der Waals surface area contributed by atoms with Crippen LogP contribution in [-0.2, 0) is 4.79 Å². The van der Waals surface area contributed by atoms with Crippen molar-refractivity contribution in [2.45, 2.75) is 38.7 Å². The van der Waals surface area contributed by atoms with Crippen LogP contribution in [0.25, 0.3) is 0 Å². The molecule has 1 atom stereocenters. The third-order valence-electron chi connectivity index (χ3n) is 5.87. The van der Waals surface area contributed by atoms with Gasteiger partial charge in [-0.1, -0.05) is 26.0 Å². The lowest BCUT2D eigenvalue weighted by atomic mass is 10.0. The summed E-state index contributed by atoms with van der Waals surface area (Å²) in [6, 6.07) is 9.69. The molecule has 0 aliphatic carbocycles. The highest BCUT2D eigenvalue weighted by atomic mass is 16.5. The largest absolute Gasteiger partial charge is 0.472 e. The Labute approximate surface area is 182 Å². The molecule has 31 heavy (non-hydrogen) atoms. The normalized spacial score (nSPS) is 19.3. The highest BCUT2D eigenvalue weighted by molar-refractivity contribution is 5.96. The third kappa shape index (κ3) is 4.95. The van der Waals surface area contributed by atoms with Gasteiger partial charge in [0.05, 0.1) is 6.54 Å². The minimum atomic E-state index is -0.114. The van der Waals surface area contributed by atoms with Gasteiger partial charge >= 0.3 is 6.03 Å². The van der Waals surface area contributed by atoms with Crippen LogP contribution in [0.2, 0.25) is 0 Å². The second kappa shape index (κ2) is 9.32. The minimum absolute atomic E-state index is 0.0404. The lowest BCUT2D eigenvalue weighted by Gasteiger charge is -2.33. The van der Waals surface area contributed by atoms with E-state index in [4.69, 9.17) is 4.74 Å². The molecule has 0 spiro atoms. The van der Waals surface area contributed by atoms with Crippen LogP contribution in [0.5, 0.6) is 5.88 Å². The monoisotopic (exact) mass is 423 g/mol. The van der Waals surface area contributed by atoms with Crippen molar-refractivity contribution in [2.75, 3.05) is 37.6 Å². The van der Waals surface area contributed by atoms with Gasteiger partial charge in [-0.2, -0.15) is 0 Å². The molecule has 2 aromatic rings. The van der Waals surface area contributed by atoms with Gasteiger partial charge < -0.3 is 14.5 Å². The molecule has 0 unspecified atom stereocenters. The Hall–Kier alpha value is -3.16. The number of carbonyl (C=O) groups excluding carboxylic acids is 2. The number of piperidine rings is 1. The van der Waals surface area contributed by atoms with E-state index >= 15 is 0 Å². The van der Waals surface area contributed by atoms with E-state index in [2.05, 4.69) is 35.9 Å². The standard InChI is InChI=1S/C23H29N5O3/c1-17(2)18-5-7-19(8-6-18)28-13-12-27(23(28)30)15-22(29)26-11-3-4-20(14-26)31-21-9-10-24-16-25-21/h5-10,16-17,20H,3-4,11-15H2,1-2H3/t20-/m1/s1. The second-order valence-corrected chi connectivity index (χ2v) is 8.37. The molecule has 164 valence electrons. The summed E-state index contributed by atoms with van der Waals surface area (Å²) in [4.78, 5) is 38.9. The highest BCUT2D eigenvalue weighted by Crippen LogP contribution is 2.24. The maximum atomic E-state index is 12.9. The summed E-state index contributed by atoms with van der Waals surface area (Å²) >= 11 is 0. The highest BCUT2D eigenvalue weighted by Gasteiger charge is 2.33. The average molecular weight is 424 g/mol. The second-order valence-electron chi connectivity index (χ2n) is 8.37. The van der Waals surface area contributed by atoms with Crippen LogP contribution < -0.4 is 9.64 Å². The molecule has 3 amide bonds. The molecule has 1 aromatic carbocycles. The Kier molecular flexibility index (Phi) is 6.34. The molecule has 3 heterocycles. The summed E-state index contributed by atoms with van der Waals surface area (Å²) in [7, 11) is 0. The van der Waals surface area contributed by atoms with Crippen LogP contribution in [0.15, 0.2) is 42.9 Å². The van der Waals surface area contributed by atoms with E-state index in [-0.39, 0.29) is 24.6 Å². The quantitative estimate of drug-likeness (QED) is 0.714. The van der Waals surface area contributed by atoms with E-state index in [1.165, 1.54) is 11.9 Å². The molecule has 1 aromatic heterocycles. The predicted octanol–water partition coefficient (Wildman–Crippen LogP) is 2.91. The Balaban J connectivity index is 1.32. The number of aromatic nitrogens is 2. The zero-order valence-electron chi connectivity index (χ0n) is 18.1. The zero-order valence-corrected chi connectivity index (χ0v) is 18.1. The van der Waals surface area contributed by atoms with Crippen LogP contribution in [0.4, 0.5) is 10.5 Å². The molecular formula is C23H29N5O3. The number of rotatable bonds is 6. The molecule has 8 heteroatoms. The molecule has 0 bridgehead atoms. The lowest BCUT2D eigenvalue weighted by Crippen LogP contribution is -2.48. The van der Waals surface area contributed by atoms with Crippen molar-refractivity contribution in [1.82, 2.24) is 19.8 Å². The first-order valence-electron chi connectivity index (χ1n) is 10.9. The molecule has 0 saturated carbocycles. The van der Waals surface area contributed by atoms with Crippen molar-refractivity contribution in [2.24, 2.45) is 0 Å². The molecule has 0 N–H and O–H groups in total. The van der Waals surface area contributed by atoms with Crippen molar-refractivity contribution in [3.63, 3.8) is 0 Å². The smallest absolute Gasteiger partial charge is 0.325 e. The molecule has 8 nitrogen and oxygen atoms in total. The number of amides is 3. The Morgan fingerprint density at radius 1 is 1.16 bits per heavy atom. The summed E-state index contributed by atoms with van der Waals surface area (Å²) in [6.45, 7) is 6.72. The summed E-state index contributed by atoms with van der Waals surface area (Å²) in [5.41, 5.74) is 2.12. The maximum absolute atomic E-state index is 12.9. The lowest BCUT2D eigenvalue weighted by molar-refractivity contribution is -0.134. The number of likely N-dealkylation sites (tertiary alicyclic amines) is 1. The van der Waals surface area contributed by atoms with Gasteiger partial charge in [0.25, 0.3) is 0 Å². The van der Waals surface area contributed by atoms with E-state index < -0.39 is 0 Å². The van der Waals surface area contributed by atoms with Gasteiger partial charge in [-0.25, -0.2) is 14.8 Å². The predicted molar refractivity (Wildman–Crippen MR) is 117 cm³/mol. The number of nitrogens with zero attached hydrogens (tertiary/aromatic N) is 5. The number of anilines is 1. The summed E-state index contributed by atoms with van der Waals surface area (Å²) in [6.07, 6.45) is 4.72. The van der Waals surface area contributed by atoms with Gasteiger partial charge in [-0.3, -0.25) is 9.69 Å². The molecule has 2 aliphatic heterocycles. The van der Waals surface area contributed by atoms with Crippen molar-refractivity contribution in [3.05, 3.63) is 48.4 Å². The summed E-state index contributed by atoms with van der Waals surface area (Å²) in [5, 5.41) is 0. The van der Waals surface area contributed by atoms with Gasteiger partial charge in [0, 0.05) is 37.6 Å². The average Bonchev–Trinajstić information content (AvgIpc) is 3.14. The number of carbonyl (C=O) groups is 2. The van der Waals surface area contributed by atoms with Gasteiger partial charge in [-0.05, 0) is 36.5 Å². The van der Waals surface area contributed by atoms with E-state index in [1.54, 1.807) is 27.0 Å². The molecular weight excluding hydrogens is 394 g/mol. The van der Waals surface area contributed by atoms with Crippen molar-refractivity contribution < 1.29 is 14.3 Å². The Bertz CT molecular complexity index is 903. The molecule has 0 radical (unpaired) electrons. The maximum Gasteiger partial charge on any atom is 0.325 e. The molecule has 2 fully saturated rings. The SMILES string of the molecule is CC(C)c1ccc(N2CCN(CC(=O)N3CCC[C@@H](Oc4ccncn4)C3)C2=O)cc1. The Morgan fingerprint density at radius 3 is 2.68 bits per heavy atom. The number of hydrogen-bond donors (Lipinski definition) is 0. The van der Waals surface area contributed by atoms with E-state index in [9.17, 15) is 9.59 Å². The fourth-order valence-electron chi connectivity index (χ4n) is 4.05. The van der Waals surface area contributed by atoms with Gasteiger partial charge in [0.15, 0.2) is 0 Å². The first kappa shape index (κ1) is 21.1. The van der Waals surface area contributed by atoms with E-state index in [0.717, 1.165) is 18.5 Å². The van der Waals surface area contributed by atoms with Crippen LogP contribution in [-0.4, -0.2) is 70.5 Å². The van der Waals surface area contributed by atoms with E-state index in [0.29, 0.717) is 38.0 Å². The van der Waals surface area contributed by atoms with Crippen LogP contribution in [0, 0.1) is 0 Å². The van der Waals surface area contributed by atoms with Crippen LogP contribution >= 0.6 is 0 Å². The number of urea groups is 1. The van der Waals surface area contributed by atoms with E-state index in [1.807, 2.05) is 12.1 Å². The van der Waals surface area contributed by atoms with Crippen LogP contribution in [0.1, 0.15) is 38.2 Å². The van der Waals surface area contributed by atoms with Gasteiger partial charge in [-0.15, -0.1) is 0 Å². The first-order chi connectivity index (χ1) is 15.0. The van der Waals surface area contributed by atoms with Crippen LogP contribution in [0.3, 0.4) is 0 Å². The summed E-state index contributed by atoms with van der Waals surface area (Å²) in [5.74, 6) is 0.925. The van der Waals surface area contributed by atoms with Crippen molar-refractivity contribution in [1.29, 1.82) is 0 Å². The van der Waals surface area contributed by atoms with Crippen molar-refractivity contribution >= 4 is 17.6 Å². The number of hydrogen-bond acceptors (Lipinski definition) is 5. The fraction of sp³-hybridized carbons (Fsp3) is 0.478. The summed E-state index contributed by atoms with van der Waals surface area (Å²) < 4.78 is 5.89.